The maximum Gasteiger partial charge on any atom is 0.317 e. The van der Waals surface area contributed by atoms with Gasteiger partial charge in [-0.05, 0) is 36.4 Å². The molecule has 2 rings (SSSR count). The Hall–Kier alpha value is -2.47. The fourth-order valence-electron chi connectivity index (χ4n) is 2.25. The fraction of sp³-hybridized carbons (Fsp3) is 0.300. The molecular formula is C20H23NO4S. The third-order valence-corrected chi connectivity index (χ3v) is 4.65. The van der Waals surface area contributed by atoms with Gasteiger partial charge in [0.05, 0.1) is 12.9 Å². The van der Waals surface area contributed by atoms with Gasteiger partial charge in [-0.25, -0.2) is 0 Å². The van der Waals surface area contributed by atoms with Crippen LogP contribution in [0.5, 0.6) is 5.75 Å². The Balaban J connectivity index is 2.09. The predicted octanol–water partition coefficient (Wildman–Crippen LogP) is 4.06. The van der Waals surface area contributed by atoms with Gasteiger partial charge in [-0.2, -0.15) is 11.8 Å². The molecule has 0 spiro atoms. The summed E-state index contributed by atoms with van der Waals surface area (Å²) < 4.78 is 10.6. The van der Waals surface area contributed by atoms with Crippen molar-refractivity contribution in [2.75, 3.05) is 23.9 Å². The van der Waals surface area contributed by atoms with Gasteiger partial charge in [0, 0.05) is 11.3 Å². The molecule has 0 heterocycles. The lowest BCUT2D eigenvalue weighted by atomic mass is 10.1. The van der Waals surface area contributed by atoms with E-state index in [9.17, 15) is 9.59 Å². The normalized spacial score (nSPS) is 11.5. The van der Waals surface area contributed by atoms with E-state index in [0.29, 0.717) is 17.0 Å². The Kier molecular flexibility index (Phi) is 8.02. The topological polar surface area (TPSA) is 64.6 Å². The Bertz CT molecular complexity index is 704. The van der Waals surface area contributed by atoms with Crippen molar-refractivity contribution in [3.05, 3.63) is 60.2 Å². The van der Waals surface area contributed by atoms with E-state index in [2.05, 4.69) is 5.32 Å². The van der Waals surface area contributed by atoms with Crippen molar-refractivity contribution < 1.29 is 19.1 Å². The SMILES string of the molecule is CCCSCC(=O)O[C@H](C(=O)Nc1ccc(OC)cc1)c1ccccc1. The van der Waals surface area contributed by atoms with Crippen LogP contribution in [0, 0.1) is 0 Å². The van der Waals surface area contributed by atoms with Crippen LogP contribution in [0.25, 0.3) is 0 Å². The number of methoxy groups -OCH3 is 1. The van der Waals surface area contributed by atoms with Gasteiger partial charge in [-0.3, -0.25) is 9.59 Å². The summed E-state index contributed by atoms with van der Waals surface area (Å²) in [5.74, 6) is 1.01. The fourth-order valence-corrected chi connectivity index (χ4v) is 2.92. The zero-order valence-electron chi connectivity index (χ0n) is 14.9. The highest BCUT2D eigenvalue weighted by Gasteiger charge is 2.25. The van der Waals surface area contributed by atoms with Crippen molar-refractivity contribution in [1.29, 1.82) is 0 Å². The summed E-state index contributed by atoms with van der Waals surface area (Å²) in [6, 6.07) is 16.0. The lowest BCUT2D eigenvalue weighted by Gasteiger charge is -2.18. The number of hydrogen-bond donors (Lipinski definition) is 1. The Labute approximate surface area is 158 Å². The van der Waals surface area contributed by atoms with Gasteiger partial charge < -0.3 is 14.8 Å². The minimum atomic E-state index is -0.993. The second kappa shape index (κ2) is 10.5. The molecule has 1 atom stereocenters. The molecule has 0 aliphatic heterocycles. The van der Waals surface area contributed by atoms with E-state index in [1.165, 1.54) is 11.8 Å². The molecule has 0 aromatic heterocycles. The molecule has 1 amide bonds. The summed E-state index contributed by atoms with van der Waals surface area (Å²) in [5.41, 5.74) is 1.24. The lowest BCUT2D eigenvalue weighted by Crippen LogP contribution is -2.26. The quantitative estimate of drug-likeness (QED) is 0.530. The summed E-state index contributed by atoms with van der Waals surface area (Å²) in [4.78, 5) is 24.8. The molecule has 0 bridgehead atoms. The van der Waals surface area contributed by atoms with E-state index in [4.69, 9.17) is 9.47 Å². The molecule has 5 nitrogen and oxygen atoms in total. The number of carbonyl (C=O) groups is 2. The van der Waals surface area contributed by atoms with Crippen molar-refractivity contribution in [3.63, 3.8) is 0 Å². The molecule has 6 heteroatoms. The summed E-state index contributed by atoms with van der Waals surface area (Å²) >= 11 is 1.50. The van der Waals surface area contributed by atoms with Crippen molar-refractivity contribution >= 4 is 29.3 Å². The van der Waals surface area contributed by atoms with Crippen LogP contribution in [0.15, 0.2) is 54.6 Å². The molecule has 0 unspecified atom stereocenters. The molecule has 0 fully saturated rings. The Morgan fingerprint density at radius 2 is 1.77 bits per heavy atom. The first-order valence-electron chi connectivity index (χ1n) is 8.41. The first-order chi connectivity index (χ1) is 12.6. The molecule has 2 aromatic rings. The average molecular weight is 373 g/mol. The molecular weight excluding hydrogens is 350 g/mol. The predicted molar refractivity (Wildman–Crippen MR) is 105 cm³/mol. The second-order valence-electron chi connectivity index (χ2n) is 5.55. The largest absolute Gasteiger partial charge is 0.497 e. The number of rotatable bonds is 9. The van der Waals surface area contributed by atoms with E-state index in [0.717, 1.165) is 12.2 Å². The number of anilines is 1. The Morgan fingerprint density at radius 1 is 1.08 bits per heavy atom. The number of esters is 1. The molecule has 0 aliphatic carbocycles. The zero-order chi connectivity index (χ0) is 18.8. The highest BCUT2D eigenvalue weighted by Crippen LogP contribution is 2.22. The van der Waals surface area contributed by atoms with E-state index in [-0.39, 0.29) is 5.75 Å². The maximum absolute atomic E-state index is 12.7. The smallest absolute Gasteiger partial charge is 0.317 e. The van der Waals surface area contributed by atoms with E-state index in [1.807, 2.05) is 25.1 Å². The number of thioether (sulfide) groups is 1. The minimum absolute atomic E-state index is 0.229. The number of carbonyl (C=O) groups excluding carboxylic acids is 2. The number of benzene rings is 2. The first kappa shape index (κ1) is 19.8. The molecule has 26 heavy (non-hydrogen) atoms. The van der Waals surface area contributed by atoms with Gasteiger partial charge in [0.1, 0.15) is 5.75 Å². The maximum atomic E-state index is 12.7. The molecule has 0 saturated carbocycles. The van der Waals surface area contributed by atoms with E-state index >= 15 is 0 Å². The van der Waals surface area contributed by atoms with Crippen LogP contribution >= 0.6 is 11.8 Å². The van der Waals surface area contributed by atoms with Crippen LogP contribution in [0.3, 0.4) is 0 Å². The van der Waals surface area contributed by atoms with Crippen molar-refractivity contribution in [2.45, 2.75) is 19.4 Å². The molecule has 0 saturated heterocycles. The molecule has 0 aliphatic rings. The van der Waals surface area contributed by atoms with Gasteiger partial charge in [0.25, 0.3) is 5.91 Å². The van der Waals surface area contributed by atoms with Crippen LogP contribution in [-0.2, 0) is 14.3 Å². The highest BCUT2D eigenvalue weighted by atomic mass is 32.2. The standard InChI is InChI=1S/C20H23NO4S/c1-3-13-26-14-18(22)25-19(15-7-5-4-6-8-15)20(23)21-16-9-11-17(24-2)12-10-16/h4-12,19H,3,13-14H2,1-2H3,(H,21,23)/t19-/m0/s1. The van der Waals surface area contributed by atoms with E-state index < -0.39 is 18.0 Å². The van der Waals surface area contributed by atoms with Crippen molar-refractivity contribution in [2.24, 2.45) is 0 Å². The lowest BCUT2D eigenvalue weighted by molar-refractivity contribution is -0.152. The van der Waals surface area contributed by atoms with Crippen molar-refractivity contribution in [1.82, 2.24) is 0 Å². The van der Waals surface area contributed by atoms with Crippen LogP contribution in [-0.4, -0.2) is 30.5 Å². The van der Waals surface area contributed by atoms with Gasteiger partial charge in [0.15, 0.2) is 0 Å². The summed E-state index contributed by atoms with van der Waals surface area (Å²) in [6.07, 6.45) is -0.00842. The number of amides is 1. The molecule has 138 valence electrons. The van der Waals surface area contributed by atoms with Crippen LogP contribution in [0.4, 0.5) is 5.69 Å². The number of ether oxygens (including phenoxy) is 2. The first-order valence-corrected chi connectivity index (χ1v) is 9.56. The minimum Gasteiger partial charge on any atom is -0.497 e. The van der Waals surface area contributed by atoms with E-state index in [1.54, 1.807) is 43.5 Å². The van der Waals surface area contributed by atoms with Gasteiger partial charge >= 0.3 is 5.97 Å². The monoisotopic (exact) mass is 373 g/mol. The average Bonchev–Trinajstić information content (AvgIpc) is 2.67. The summed E-state index contributed by atoms with van der Waals surface area (Å²) in [5, 5.41) is 2.79. The van der Waals surface area contributed by atoms with Crippen LogP contribution < -0.4 is 10.1 Å². The van der Waals surface area contributed by atoms with Crippen LogP contribution in [0.1, 0.15) is 25.0 Å². The second-order valence-corrected chi connectivity index (χ2v) is 6.66. The van der Waals surface area contributed by atoms with Crippen LogP contribution in [0.2, 0.25) is 0 Å². The van der Waals surface area contributed by atoms with Gasteiger partial charge in [0.2, 0.25) is 6.10 Å². The molecule has 1 N–H and O–H groups in total. The van der Waals surface area contributed by atoms with Crippen molar-refractivity contribution in [3.8, 4) is 5.75 Å². The third kappa shape index (κ3) is 6.11. The molecule has 0 radical (unpaired) electrons. The summed E-state index contributed by atoms with van der Waals surface area (Å²) in [7, 11) is 1.58. The number of nitrogens with one attached hydrogen (secondary N) is 1. The Morgan fingerprint density at radius 3 is 2.38 bits per heavy atom. The highest BCUT2D eigenvalue weighted by molar-refractivity contribution is 7.99. The molecule has 2 aromatic carbocycles. The zero-order valence-corrected chi connectivity index (χ0v) is 15.8. The van der Waals surface area contributed by atoms with Gasteiger partial charge in [-0.1, -0.05) is 37.3 Å². The third-order valence-electron chi connectivity index (χ3n) is 3.52. The van der Waals surface area contributed by atoms with Gasteiger partial charge in [-0.15, -0.1) is 0 Å². The number of hydrogen-bond acceptors (Lipinski definition) is 5. The summed E-state index contributed by atoms with van der Waals surface area (Å²) in [6.45, 7) is 2.05.